The SMILES string of the molecule is COc1ccc(C(NC(=O)N2CCC(O)C2)C(=O)Cc2ccc([Si](C)(C)C)cc2)cc1. The average Bonchev–Trinajstić information content (AvgIpc) is 3.18. The van der Waals surface area contributed by atoms with E-state index in [1.54, 1.807) is 36.3 Å². The molecule has 0 bridgehead atoms. The van der Waals surface area contributed by atoms with Crippen LogP contribution >= 0.6 is 0 Å². The van der Waals surface area contributed by atoms with Gasteiger partial charge in [-0.05, 0) is 29.7 Å². The van der Waals surface area contributed by atoms with Gasteiger partial charge in [0.25, 0.3) is 0 Å². The van der Waals surface area contributed by atoms with E-state index >= 15 is 0 Å². The number of urea groups is 1. The van der Waals surface area contributed by atoms with E-state index in [-0.39, 0.29) is 24.8 Å². The highest BCUT2D eigenvalue weighted by molar-refractivity contribution is 6.88. The minimum absolute atomic E-state index is 0.0842. The van der Waals surface area contributed by atoms with Gasteiger partial charge in [0.1, 0.15) is 11.8 Å². The first-order valence-electron chi connectivity index (χ1n) is 10.7. The first kappa shape index (κ1) is 23.0. The number of nitrogens with one attached hydrogen (secondary N) is 1. The number of hydrogen-bond donors (Lipinski definition) is 2. The molecule has 1 fully saturated rings. The zero-order chi connectivity index (χ0) is 22.6. The smallest absolute Gasteiger partial charge is 0.318 e. The number of amides is 2. The molecule has 2 amide bonds. The third-order valence-electron chi connectivity index (χ3n) is 5.69. The Bertz CT molecular complexity index is 907. The van der Waals surface area contributed by atoms with Crippen LogP contribution in [-0.4, -0.2) is 56.2 Å². The molecule has 7 heteroatoms. The number of rotatable bonds is 7. The summed E-state index contributed by atoms with van der Waals surface area (Å²) in [5.41, 5.74) is 1.63. The van der Waals surface area contributed by atoms with Gasteiger partial charge >= 0.3 is 6.03 Å². The third-order valence-corrected chi connectivity index (χ3v) is 7.75. The summed E-state index contributed by atoms with van der Waals surface area (Å²) in [6, 6.07) is 14.3. The number of β-amino-alcohol motifs (C(OH)–C–C–N with tert-alkyl or cyclic N) is 1. The number of carbonyl (C=O) groups excluding carboxylic acids is 2. The summed E-state index contributed by atoms with van der Waals surface area (Å²) in [5, 5.41) is 14.0. The molecule has 2 atom stereocenters. The van der Waals surface area contributed by atoms with Gasteiger partial charge in [0.05, 0.1) is 21.3 Å². The lowest BCUT2D eigenvalue weighted by atomic mass is 9.97. The maximum atomic E-state index is 13.3. The summed E-state index contributed by atoms with van der Waals surface area (Å²) in [6.07, 6.45) is 0.273. The minimum atomic E-state index is -1.40. The molecular formula is C24H32N2O4Si. The van der Waals surface area contributed by atoms with Crippen molar-refractivity contribution >= 4 is 25.1 Å². The van der Waals surface area contributed by atoms with Crippen LogP contribution in [0, 0.1) is 0 Å². The van der Waals surface area contributed by atoms with Crippen molar-refractivity contribution in [3.05, 3.63) is 59.7 Å². The van der Waals surface area contributed by atoms with Crippen molar-refractivity contribution in [3.8, 4) is 5.75 Å². The number of carbonyl (C=O) groups is 2. The van der Waals surface area contributed by atoms with Gasteiger partial charge in [-0.15, -0.1) is 0 Å². The van der Waals surface area contributed by atoms with E-state index in [2.05, 4.69) is 37.1 Å². The highest BCUT2D eigenvalue weighted by atomic mass is 28.3. The Balaban J connectivity index is 1.78. The molecule has 0 radical (unpaired) electrons. The maximum Gasteiger partial charge on any atom is 0.318 e. The first-order chi connectivity index (χ1) is 14.7. The van der Waals surface area contributed by atoms with Gasteiger partial charge in [-0.25, -0.2) is 4.79 Å². The number of hydrogen-bond acceptors (Lipinski definition) is 4. The predicted octanol–water partition coefficient (Wildman–Crippen LogP) is 2.87. The monoisotopic (exact) mass is 440 g/mol. The lowest BCUT2D eigenvalue weighted by Gasteiger charge is -2.23. The molecule has 2 unspecified atom stereocenters. The van der Waals surface area contributed by atoms with Crippen molar-refractivity contribution in [2.75, 3.05) is 20.2 Å². The van der Waals surface area contributed by atoms with E-state index in [0.717, 1.165) is 5.56 Å². The zero-order valence-electron chi connectivity index (χ0n) is 18.7. The highest BCUT2D eigenvalue weighted by Crippen LogP contribution is 2.21. The molecule has 3 rings (SSSR count). The van der Waals surface area contributed by atoms with Crippen molar-refractivity contribution < 1.29 is 19.4 Å². The van der Waals surface area contributed by atoms with E-state index in [1.165, 1.54) is 5.19 Å². The fourth-order valence-electron chi connectivity index (χ4n) is 3.71. The third kappa shape index (κ3) is 5.95. The maximum absolute atomic E-state index is 13.3. The fourth-order valence-corrected chi connectivity index (χ4v) is 4.88. The Hall–Kier alpha value is -2.64. The molecule has 1 aliphatic heterocycles. The molecule has 0 saturated carbocycles. The number of likely N-dealkylation sites (tertiary alicyclic amines) is 1. The summed E-state index contributed by atoms with van der Waals surface area (Å²) in [4.78, 5) is 27.6. The zero-order valence-corrected chi connectivity index (χ0v) is 19.7. The Morgan fingerprint density at radius 3 is 2.29 bits per heavy atom. The number of methoxy groups -OCH3 is 1. The largest absolute Gasteiger partial charge is 0.497 e. The fraction of sp³-hybridized carbons (Fsp3) is 0.417. The van der Waals surface area contributed by atoms with Gasteiger partial charge < -0.3 is 20.1 Å². The van der Waals surface area contributed by atoms with Crippen molar-refractivity contribution in [3.63, 3.8) is 0 Å². The van der Waals surface area contributed by atoms with Crippen LogP contribution < -0.4 is 15.2 Å². The number of Topliss-reactive ketones (excluding diaryl/α,β-unsaturated/α-hetero) is 1. The van der Waals surface area contributed by atoms with Gasteiger partial charge in [0, 0.05) is 19.5 Å². The number of ketones is 1. The average molecular weight is 441 g/mol. The summed E-state index contributed by atoms with van der Waals surface area (Å²) in [6.45, 7) is 7.63. The first-order valence-corrected chi connectivity index (χ1v) is 14.2. The van der Waals surface area contributed by atoms with E-state index < -0.39 is 20.2 Å². The Labute approximate surface area is 185 Å². The van der Waals surface area contributed by atoms with E-state index in [9.17, 15) is 14.7 Å². The van der Waals surface area contributed by atoms with E-state index in [1.807, 2.05) is 12.1 Å². The summed E-state index contributed by atoms with van der Waals surface area (Å²) in [7, 11) is 0.183. The second kappa shape index (κ2) is 9.66. The van der Waals surface area contributed by atoms with Crippen molar-refractivity contribution in [2.24, 2.45) is 0 Å². The van der Waals surface area contributed by atoms with Crippen molar-refractivity contribution in [1.29, 1.82) is 0 Å². The van der Waals surface area contributed by atoms with Gasteiger partial charge in [0.2, 0.25) is 0 Å². The van der Waals surface area contributed by atoms with E-state index in [4.69, 9.17) is 4.74 Å². The van der Waals surface area contributed by atoms with Gasteiger partial charge in [-0.1, -0.05) is 61.2 Å². The Morgan fingerprint density at radius 2 is 1.77 bits per heavy atom. The molecule has 2 aromatic carbocycles. The molecular weight excluding hydrogens is 408 g/mol. The normalized spacial score (nSPS) is 17.3. The van der Waals surface area contributed by atoms with Crippen LogP contribution in [0.3, 0.4) is 0 Å². The van der Waals surface area contributed by atoms with Gasteiger partial charge in [-0.3, -0.25) is 4.79 Å². The molecule has 2 aromatic rings. The molecule has 0 spiro atoms. The molecule has 0 aromatic heterocycles. The van der Waals surface area contributed by atoms with E-state index in [0.29, 0.717) is 24.3 Å². The van der Waals surface area contributed by atoms with Crippen LogP contribution in [0.15, 0.2) is 48.5 Å². The molecule has 6 nitrogen and oxygen atoms in total. The molecule has 1 heterocycles. The summed E-state index contributed by atoms with van der Waals surface area (Å²) in [5.74, 6) is 0.602. The van der Waals surface area contributed by atoms with Crippen molar-refractivity contribution in [1.82, 2.24) is 10.2 Å². The van der Waals surface area contributed by atoms with Crippen LogP contribution in [-0.2, 0) is 11.2 Å². The number of ether oxygens (including phenoxy) is 1. The topological polar surface area (TPSA) is 78.9 Å². The predicted molar refractivity (Wildman–Crippen MR) is 125 cm³/mol. The molecule has 1 saturated heterocycles. The van der Waals surface area contributed by atoms with Crippen LogP contribution in [0.5, 0.6) is 5.75 Å². The summed E-state index contributed by atoms with van der Waals surface area (Å²) < 4.78 is 5.21. The van der Waals surface area contributed by atoms with Gasteiger partial charge in [-0.2, -0.15) is 0 Å². The molecule has 1 aliphatic rings. The van der Waals surface area contributed by atoms with Crippen molar-refractivity contribution in [2.45, 2.75) is 44.6 Å². The Kier molecular flexibility index (Phi) is 7.18. The van der Waals surface area contributed by atoms with Crippen LogP contribution in [0.1, 0.15) is 23.6 Å². The minimum Gasteiger partial charge on any atom is -0.497 e. The highest BCUT2D eigenvalue weighted by Gasteiger charge is 2.29. The van der Waals surface area contributed by atoms with Gasteiger partial charge in [0.15, 0.2) is 5.78 Å². The number of aliphatic hydroxyl groups is 1. The summed E-state index contributed by atoms with van der Waals surface area (Å²) >= 11 is 0. The van der Waals surface area contributed by atoms with Crippen LogP contribution in [0.4, 0.5) is 4.79 Å². The molecule has 166 valence electrons. The van der Waals surface area contributed by atoms with Crippen LogP contribution in [0.25, 0.3) is 0 Å². The lowest BCUT2D eigenvalue weighted by molar-refractivity contribution is -0.120. The number of aliphatic hydroxyl groups excluding tert-OH is 1. The second-order valence-corrected chi connectivity index (χ2v) is 14.2. The Morgan fingerprint density at radius 1 is 1.13 bits per heavy atom. The lowest BCUT2D eigenvalue weighted by Crippen LogP contribution is -2.43. The standard InChI is InChI=1S/C24H32N2O4Si/c1-30-20-9-7-18(8-10-20)23(25-24(29)26-14-13-19(27)16-26)22(28)15-17-5-11-21(12-6-17)31(2,3)4/h5-12,19,23,27H,13-16H2,1-4H3,(H,25,29). The molecule has 31 heavy (non-hydrogen) atoms. The molecule has 0 aliphatic carbocycles. The second-order valence-electron chi connectivity index (χ2n) is 9.13. The number of benzene rings is 2. The van der Waals surface area contributed by atoms with Crippen LogP contribution in [0.2, 0.25) is 19.6 Å². The number of nitrogens with zero attached hydrogens (tertiary/aromatic N) is 1. The molecule has 2 N–H and O–H groups in total. The quantitative estimate of drug-likeness (QED) is 0.649.